The Hall–Kier alpha value is -2.73. The van der Waals surface area contributed by atoms with Gasteiger partial charge in [-0.3, -0.25) is 19.4 Å². The van der Waals surface area contributed by atoms with Gasteiger partial charge in [-0.1, -0.05) is 18.2 Å². The van der Waals surface area contributed by atoms with E-state index in [0.29, 0.717) is 12.4 Å². The fourth-order valence-electron chi connectivity index (χ4n) is 3.39. The van der Waals surface area contributed by atoms with Crippen LogP contribution in [0.3, 0.4) is 0 Å². The molecule has 0 saturated carbocycles. The van der Waals surface area contributed by atoms with Crippen LogP contribution < -0.4 is 9.80 Å². The molecule has 25 heavy (non-hydrogen) atoms. The molecular formula is C19H18FN3O2. The third kappa shape index (κ3) is 2.89. The lowest BCUT2D eigenvalue weighted by Gasteiger charge is -2.37. The first-order chi connectivity index (χ1) is 12.1. The molecule has 1 amide bonds. The number of rotatable bonds is 3. The quantitative estimate of drug-likeness (QED) is 0.804. The van der Waals surface area contributed by atoms with E-state index in [0.717, 1.165) is 26.2 Å². The van der Waals surface area contributed by atoms with Gasteiger partial charge in [0.2, 0.25) is 0 Å². The minimum Gasteiger partial charge on any atom is -0.369 e. The summed E-state index contributed by atoms with van der Waals surface area (Å²) in [7, 11) is 0. The number of fused-ring (bicyclic) bond motifs is 1. The normalized spacial score (nSPS) is 18.0. The highest BCUT2D eigenvalue weighted by atomic mass is 19.1. The predicted octanol–water partition coefficient (Wildman–Crippen LogP) is 2.13. The van der Waals surface area contributed by atoms with E-state index >= 15 is 0 Å². The van der Waals surface area contributed by atoms with Crippen LogP contribution in [0.2, 0.25) is 0 Å². The van der Waals surface area contributed by atoms with Gasteiger partial charge in [0.25, 0.3) is 5.78 Å². The summed E-state index contributed by atoms with van der Waals surface area (Å²) in [5.41, 5.74) is 1.84. The zero-order valence-corrected chi connectivity index (χ0v) is 13.7. The first kappa shape index (κ1) is 15.8. The highest BCUT2D eigenvalue weighted by Crippen LogP contribution is 2.30. The topological polar surface area (TPSA) is 43.9 Å². The van der Waals surface area contributed by atoms with E-state index in [4.69, 9.17) is 0 Å². The van der Waals surface area contributed by atoms with Gasteiger partial charge in [-0.25, -0.2) is 4.39 Å². The molecule has 0 spiro atoms. The second-order valence-corrected chi connectivity index (χ2v) is 6.31. The summed E-state index contributed by atoms with van der Waals surface area (Å²) >= 11 is 0. The maximum absolute atomic E-state index is 13.5. The van der Waals surface area contributed by atoms with Crippen LogP contribution in [0.15, 0.2) is 48.5 Å². The molecular weight excluding hydrogens is 321 g/mol. The Morgan fingerprint density at radius 2 is 1.64 bits per heavy atom. The summed E-state index contributed by atoms with van der Waals surface area (Å²) in [6, 6.07) is 14.0. The van der Waals surface area contributed by atoms with Crippen molar-refractivity contribution in [2.24, 2.45) is 0 Å². The van der Waals surface area contributed by atoms with Crippen molar-refractivity contribution < 1.29 is 14.0 Å². The van der Waals surface area contributed by atoms with Crippen molar-refractivity contribution in [1.29, 1.82) is 0 Å². The molecule has 0 atom stereocenters. The van der Waals surface area contributed by atoms with Gasteiger partial charge in [0, 0.05) is 31.9 Å². The van der Waals surface area contributed by atoms with Crippen LogP contribution in [0.5, 0.6) is 0 Å². The van der Waals surface area contributed by atoms with Gasteiger partial charge >= 0.3 is 5.91 Å². The van der Waals surface area contributed by atoms with Gasteiger partial charge in [-0.15, -0.1) is 0 Å². The maximum Gasteiger partial charge on any atom is 0.300 e. The molecule has 2 aromatic rings. The second-order valence-electron chi connectivity index (χ2n) is 6.31. The summed E-state index contributed by atoms with van der Waals surface area (Å²) in [6.07, 6.45) is 0. The molecule has 1 saturated heterocycles. The van der Waals surface area contributed by atoms with Crippen molar-refractivity contribution in [1.82, 2.24) is 4.90 Å². The summed E-state index contributed by atoms with van der Waals surface area (Å²) in [5.74, 6) is -1.58. The van der Waals surface area contributed by atoms with Crippen LogP contribution >= 0.6 is 0 Å². The van der Waals surface area contributed by atoms with Crippen molar-refractivity contribution in [2.45, 2.75) is 0 Å². The lowest BCUT2D eigenvalue weighted by Crippen LogP contribution is -2.51. The summed E-state index contributed by atoms with van der Waals surface area (Å²) in [6.45, 7) is 3.55. The molecule has 4 rings (SSSR count). The van der Waals surface area contributed by atoms with E-state index in [9.17, 15) is 14.0 Å². The van der Waals surface area contributed by atoms with Gasteiger partial charge in [0.1, 0.15) is 5.82 Å². The van der Waals surface area contributed by atoms with Crippen LogP contribution in [0.1, 0.15) is 10.4 Å². The highest BCUT2D eigenvalue weighted by molar-refractivity contribution is 6.52. The zero-order valence-electron chi connectivity index (χ0n) is 13.7. The fraction of sp³-hybridized carbons (Fsp3) is 0.263. The molecule has 5 nitrogen and oxygen atoms in total. The second kappa shape index (κ2) is 6.29. The van der Waals surface area contributed by atoms with Crippen LogP contribution in [0.25, 0.3) is 0 Å². The largest absolute Gasteiger partial charge is 0.369 e. The van der Waals surface area contributed by atoms with E-state index in [-0.39, 0.29) is 5.56 Å². The number of carbonyl (C=O) groups excluding carboxylic acids is 2. The maximum atomic E-state index is 13.5. The van der Waals surface area contributed by atoms with Crippen molar-refractivity contribution >= 4 is 23.1 Å². The Balaban J connectivity index is 1.45. The first-order valence-corrected chi connectivity index (χ1v) is 8.31. The molecule has 0 aliphatic carbocycles. The fourth-order valence-corrected chi connectivity index (χ4v) is 3.39. The number of hydrogen-bond acceptors (Lipinski definition) is 4. The van der Waals surface area contributed by atoms with Gasteiger partial charge in [0.05, 0.1) is 17.9 Å². The third-order valence-corrected chi connectivity index (χ3v) is 4.77. The number of para-hydroxylation sites is 1. The monoisotopic (exact) mass is 339 g/mol. The summed E-state index contributed by atoms with van der Waals surface area (Å²) in [5, 5.41) is 0. The van der Waals surface area contributed by atoms with E-state index in [1.54, 1.807) is 0 Å². The van der Waals surface area contributed by atoms with Gasteiger partial charge in [0.15, 0.2) is 0 Å². The molecule has 0 radical (unpaired) electrons. The minimum absolute atomic E-state index is 0.286. The Kier molecular flexibility index (Phi) is 3.97. The van der Waals surface area contributed by atoms with E-state index < -0.39 is 17.5 Å². The number of Topliss-reactive ketones (excluding diaryl/α,β-unsaturated/α-hetero) is 1. The Morgan fingerprint density at radius 3 is 2.36 bits per heavy atom. The number of anilines is 2. The third-order valence-electron chi connectivity index (χ3n) is 4.77. The SMILES string of the molecule is O=C1C(=O)N(CN2CCN(c3ccccc3)CC2)c2cc(F)ccc21. The molecule has 2 aliphatic heterocycles. The molecule has 1 fully saturated rings. The van der Waals surface area contributed by atoms with Gasteiger partial charge < -0.3 is 4.90 Å². The molecule has 6 heteroatoms. The van der Waals surface area contributed by atoms with Crippen LogP contribution in [-0.2, 0) is 4.79 Å². The minimum atomic E-state index is -0.578. The lowest BCUT2D eigenvalue weighted by atomic mass is 10.1. The average Bonchev–Trinajstić information content (AvgIpc) is 2.87. The van der Waals surface area contributed by atoms with E-state index in [2.05, 4.69) is 21.9 Å². The number of hydrogen-bond donors (Lipinski definition) is 0. The number of halogens is 1. The first-order valence-electron chi connectivity index (χ1n) is 8.31. The van der Waals surface area contributed by atoms with Crippen LogP contribution in [0.4, 0.5) is 15.8 Å². The Labute approximate surface area is 145 Å². The molecule has 128 valence electrons. The molecule has 0 N–H and O–H groups in total. The molecule has 0 bridgehead atoms. The smallest absolute Gasteiger partial charge is 0.300 e. The Bertz CT molecular complexity index is 817. The molecule has 2 aromatic carbocycles. The molecule has 2 heterocycles. The lowest BCUT2D eigenvalue weighted by molar-refractivity contribution is -0.114. The van der Waals surface area contributed by atoms with Crippen molar-refractivity contribution in [2.75, 3.05) is 42.6 Å². The standard InChI is InChI=1S/C19H18FN3O2/c20-14-6-7-16-17(12-14)23(19(25)18(16)24)13-21-8-10-22(11-9-21)15-4-2-1-3-5-15/h1-7,12H,8-11,13H2. The van der Waals surface area contributed by atoms with Gasteiger partial charge in [-0.2, -0.15) is 0 Å². The van der Waals surface area contributed by atoms with E-state index in [1.165, 1.54) is 28.8 Å². The van der Waals surface area contributed by atoms with Crippen molar-refractivity contribution in [3.8, 4) is 0 Å². The summed E-state index contributed by atoms with van der Waals surface area (Å²) < 4.78 is 13.5. The summed E-state index contributed by atoms with van der Waals surface area (Å²) in [4.78, 5) is 30.1. The van der Waals surface area contributed by atoms with Gasteiger partial charge in [-0.05, 0) is 30.3 Å². The number of nitrogens with zero attached hydrogens (tertiary/aromatic N) is 3. The number of ketones is 1. The van der Waals surface area contributed by atoms with Crippen LogP contribution in [0, 0.1) is 5.82 Å². The molecule has 0 aromatic heterocycles. The highest BCUT2D eigenvalue weighted by Gasteiger charge is 2.37. The zero-order chi connectivity index (χ0) is 17.4. The number of amides is 1. The van der Waals surface area contributed by atoms with Crippen LogP contribution in [-0.4, -0.2) is 49.4 Å². The van der Waals surface area contributed by atoms with Crippen molar-refractivity contribution in [3.63, 3.8) is 0 Å². The number of carbonyl (C=O) groups is 2. The number of benzene rings is 2. The molecule has 0 unspecified atom stereocenters. The Morgan fingerprint density at radius 1 is 0.920 bits per heavy atom. The predicted molar refractivity (Wildman–Crippen MR) is 93.3 cm³/mol. The molecule has 2 aliphatic rings. The average molecular weight is 339 g/mol. The van der Waals surface area contributed by atoms with Crippen molar-refractivity contribution in [3.05, 3.63) is 59.9 Å². The number of piperazine rings is 1. The van der Waals surface area contributed by atoms with E-state index in [1.807, 2.05) is 18.2 Å².